The van der Waals surface area contributed by atoms with E-state index in [9.17, 15) is 4.79 Å². The minimum absolute atomic E-state index is 0.276. The van der Waals surface area contributed by atoms with E-state index in [0.717, 1.165) is 6.42 Å². The van der Waals surface area contributed by atoms with Crippen LogP contribution < -0.4 is 5.32 Å². The molecule has 6 heteroatoms. The second kappa shape index (κ2) is 5.37. The molecule has 1 aliphatic rings. The van der Waals surface area contributed by atoms with Gasteiger partial charge in [0.15, 0.2) is 0 Å². The smallest absolute Gasteiger partial charge is 0.358 e. The lowest BCUT2D eigenvalue weighted by Gasteiger charge is -2.12. The third-order valence-corrected chi connectivity index (χ3v) is 2.69. The summed E-state index contributed by atoms with van der Waals surface area (Å²) in [4.78, 5) is 15.4. The Labute approximate surface area is 93.6 Å². The molecule has 0 spiro atoms. The Kier molecular flexibility index (Phi) is 4.41. The average Bonchev–Trinajstić information content (AvgIpc) is 2.52. The number of nitrogens with one attached hydrogen (secondary N) is 1. The zero-order valence-electron chi connectivity index (χ0n) is 9.20. The Hall–Kier alpha value is -0.750. The van der Waals surface area contributed by atoms with E-state index >= 15 is 0 Å². The Bertz CT molecular complexity index is 266. The number of thioether (sulfide) groups is 1. The minimum atomic E-state index is -0.519. The molecule has 1 aliphatic heterocycles. The third kappa shape index (κ3) is 4.53. The standard InChI is InChI=1S/C9H16N2O3S/c1-4-5-10-8(12)14-11-7-6-13-9(2,3)15-7/h4-6H2,1-3H3,(H,10,12). The van der Waals surface area contributed by atoms with E-state index < -0.39 is 6.09 Å². The zero-order valence-corrected chi connectivity index (χ0v) is 10.0. The number of ether oxygens (including phenoxy) is 1. The Balaban J connectivity index is 2.30. The van der Waals surface area contributed by atoms with Gasteiger partial charge in [-0.05, 0) is 20.3 Å². The fourth-order valence-electron chi connectivity index (χ4n) is 0.975. The van der Waals surface area contributed by atoms with Gasteiger partial charge in [-0.3, -0.25) is 4.84 Å². The average molecular weight is 232 g/mol. The molecule has 0 aliphatic carbocycles. The fourth-order valence-corrected chi connectivity index (χ4v) is 1.85. The lowest BCUT2D eigenvalue weighted by molar-refractivity contribution is 0.0911. The van der Waals surface area contributed by atoms with Gasteiger partial charge in [-0.1, -0.05) is 23.8 Å². The summed E-state index contributed by atoms with van der Waals surface area (Å²) in [7, 11) is 0. The first-order valence-corrected chi connectivity index (χ1v) is 5.70. The third-order valence-electron chi connectivity index (χ3n) is 1.66. The molecule has 0 atom stereocenters. The van der Waals surface area contributed by atoms with Gasteiger partial charge in [-0.25, -0.2) is 4.79 Å². The predicted octanol–water partition coefficient (Wildman–Crippen LogP) is 1.94. The van der Waals surface area contributed by atoms with Crippen LogP contribution in [0.15, 0.2) is 5.16 Å². The van der Waals surface area contributed by atoms with Crippen LogP contribution in [0.25, 0.3) is 0 Å². The number of carbonyl (C=O) groups excluding carboxylic acids is 1. The molecule has 0 aromatic carbocycles. The lowest BCUT2D eigenvalue weighted by atomic mass is 10.5. The first kappa shape index (κ1) is 12.3. The monoisotopic (exact) mass is 232 g/mol. The summed E-state index contributed by atoms with van der Waals surface area (Å²) >= 11 is 1.46. The number of amides is 1. The molecule has 0 radical (unpaired) electrons. The maximum atomic E-state index is 11.0. The molecule has 1 N–H and O–H groups in total. The van der Waals surface area contributed by atoms with E-state index in [1.54, 1.807) is 0 Å². The fraction of sp³-hybridized carbons (Fsp3) is 0.778. The van der Waals surface area contributed by atoms with Crippen LogP contribution in [0.1, 0.15) is 27.2 Å². The highest BCUT2D eigenvalue weighted by molar-refractivity contribution is 8.15. The molecule has 5 nitrogen and oxygen atoms in total. The summed E-state index contributed by atoms with van der Waals surface area (Å²) in [5.74, 6) is 0. The van der Waals surface area contributed by atoms with Gasteiger partial charge in [0.1, 0.15) is 16.6 Å². The first-order valence-electron chi connectivity index (χ1n) is 4.88. The maximum Gasteiger partial charge on any atom is 0.433 e. The van der Waals surface area contributed by atoms with Crippen LogP contribution in [-0.4, -0.2) is 29.2 Å². The van der Waals surface area contributed by atoms with Crippen LogP contribution in [0.3, 0.4) is 0 Å². The second-order valence-corrected chi connectivity index (χ2v) is 5.24. The van der Waals surface area contributed by atoms with Crippen molar-refractivity contribution in [3.63, 3.8) is 0 Å². The quantitative estimate of drug-likeness (QED) is 0.596. The molecule has 0 aromatic rings. The van der Waals surface area contributed by atoms with Gasteiger partial charge in [-0.2, -0.15) is 0 Å². The van der Waals surface area contributed by atoms with Gasteiger partial charge in [-0.15, -0.1) is 0 Å². The minimum Gasteiger partial charge on any atom is -0.358 e. The second-order valence-electron chi connectivity index (χ2n) is 3.58. The van der Waals surface area contributed by atoms with E-state index in [4.69, 9.17) is 4.74 Å². The summed E-state index contributed by atoms with van der Waals surface area (Å²) in [6.45, 7) is 6.85. The van der Waals surface area contributed by atoms with E-state index in [-0.39, 0.29) is 4.93 Å². The summed E-state index contributed by atoms with van der Waals surface area (Å²) < 4.78 is 5.39. The Morgan fingerprint density at radius 1 is 1.73 bits per heavy atom. The lowest BCUT2D eigenvalue weighted by Crippen LogP contribution is -2.23. The van der Waals surface area contributed by atoms with Crippen molar-refractivity contribution in [2.24, 2.45) is 5.16 Å². The Morgan fingerprint density at radius 2 is 2.47 bits per heavy atom. The van der Waals surface area contributed by atoms with Crippen molar-refractivity contribution in [2.75, 3.05) is 13.2 Å². The summed E-state index contributed by atoms with van der Waals surface area (Å²) in [6.07, 6.45) is 0.353. The van der Waals surface area contributed by atoms with E-state index in [0.29, 0.717) is 18.2 Å². The van der Waals surface area contributed by atoms with Crippen molar-refractivity contribution in [3.8, 4) is 0 Å². The highest BCUT2D eigenvalue weighted by atomic mass is 32.2. The predicted molar refractivity (Wildman–Crippen MR) is 59.8 cm³/mol. The van der Waals surface area contributed by atoms with Crippen molar-refractivity contribution in [3.05, 3.63) is 0 Å². The number of oxime groups is 1. The largest absolute Gasteiger partial charge is 0.433 e. The SMILES string of the molecule is CCCNC(=O)ON=C1COC(C)(C)S1. The van der Waals surface area contributed by atoms with Crippen LogP contribution >= 0.6 is 11.8 Å². The summed E-state index contributed by atoms with van der Waals surface area (Å²) in [6, 6.07) is 0. The van der Waals surface area contributed by atoms with Crippen LogP contribution in [0, 0.1) is 0 Å². The van der Waals surface area contributed by atoms with Crippen LogP contribution in [-0.2, 0) is 9.57 Å². The van der Waals surface area contributed by atoms with E-state index in [2.05, 4.69) is 15.3 Å². The number of hydrogen-bond donors (Lipinski definition) is 1. The molecule has 0 aromatic heterocycles. The summed E-state index contributed by atoms with van der Waals surface area (Å²) in [5.41, 5.74) is 0. The zero-order chi connectivity index (χ0) is 11.3. The highest BCUT2D eigenvalue weighted by Gasteiger charge is 2.30. The van der Waals surface area contributed by atoms with Gasteiger partial charge >= 0.3 is 6.09 Å². The molecule has 1 saturated heterocycles. The van der Waals surface area contributed by atoms with Gasteiger partial charge in [0.05, 0.1) is 0 Å². The van der Waals surface area contributed by atoms with Crippen molar-refractivity contribution >= 4 is 22.9 Å². The Morgan fingerprint density at radius 3 is 3.00 bits per heavy atom. The van der Waals surface area contributed by atoms with Gasteiger partial charge < -0.3 is 10.1 Å². The van der Waals surface area contributed by atoms with E-state index in [1.807, 2.05) is 20.8 Å². The molecule has 1 heterocycles. The molecular formula is C9H16N2O3S. The number of hydrogen-bond acceptors (Lipinski definition) is 5. The molecule has 1 fully saturated rings. The van der Waals surface area contributed by atoms with Crippen LogP contribution in [0.2, 0.25) is 0 Å². The van der Waals surface area contributed by atoms with Crippen molar-refractivity contribution in [2.45, 2.75) is 32.1 Å². The van der Waals surface area contributed by atoms with Crippen LogP contribution in [0.5, 0.6) is 0 Å². The van der Waals surface area contributed by atoms with Gasteiger partial charge in [0.2, 0.25) is 0 Å². The van der Waals surface area contributed by atoms with Crippen molar-refractivity contribution in [1.82, 2.24) is 5.32 Å². The van der Waals surface area contributed by atoms with E-state index in [1.165, 1.54) is 11.8 Å². The van der Waals surface area contributed by atoms with Crippen molar-refractivity contribution < 1.29 is 14.4 Å². The summed E-state index contributed by atoms with van der Waals surface area (Å²) in [5, 5.41) is 6.96. The number of carbonyl (C=O) groups is 1. The normalized spacial score (nSPS) is 21.7. The molecule has 1 rings (SSSR count). The molecule has 0 bridgehead atoms. The molecule has 1 amide bonds. The van der Waals surface area contributed by atoms with Crippen molar-refractivity contribution in [1.29, 1.82) is 0 Å². The molecule has 0 saturated carbocycles. The highest BCUT2D eigenvalue weighted by Crippen LogP contribution is 2.33. The topological polar surface area (TPSA) is 59.9 Å². The first-order chi connectivity index (χ1) is 7.03. The van der Waals surface area contributed by atoms with Gasteiger partial charge in [0.25, 0.3) is 0 Å². The maximum absolute atomic E-state index is 11.0. The molecule has 15 heavy (non-hydrogen) atoms. The molecule has 86 valence electrons. The van der Waals surface area contributed by atoms with Crippen LogP contribution in [0.4, 0.5) is 4.79 Å². The molecular weight excluding hydrogens is 216 g/mol. The number of nitrogens with zero attached hydrogens (tertiary/aromatic N) is 1. The van der Waals surface area contributed by atoms with Gasteiger partial charge in [0, 0.05) is 6.54 Å². The number of rotatable bonds is 3. The molecule has 0 unspecified atom stereocenters.